The Morgan fingerprint density at radius 2 is 1.55 bits per heavy atom. The third kappa shape index (κ3) is 3.07. The van der Waals surface area contributed by atoms with Gasteiger partial charge >= 0.3 is 0 Å². The molecule has 5 rings (SSSR count). The van der Waals surface area contributed by atoms with Crippen LogP contribution in [0.3, 0.4) is 0 Å². The number of anilines is 2. The number of aryl methyl sites for hydroxylation is 3. The molecule has 31 heavy (non-hydrogen) atoms. The Morgan fingerprint density at radius 1 is 0.871 bits per heavy atom. The van der Waals surface area contributed by atoms with Crippen molar-refractivity contribution in [2.45, 2.75) is 32.2 Å². The minimum absolute atomic E-state index is 0.0321. The van der Waals surface area contributed by atoms with Gasteiger partial charge in [0.2, 0.25) is 10.8 Å². The van der Waals surface area contributed by atoms with Crippen LogP contribution in [0, 0.1) is 20.8 Å². The maximum absolute atomic E-state index is 14.1. The summed E-state index contributed by atoms with van der Waals surface area (Å²) in [6, 6.07) is 22.2. The highest BCUT2D eigenvalue weighted by molar-refractivity contribution is 8.02. The fourth-order valence-corrected chi connectivity index (χ4v) is 6.03. The molecule has 2 heterocycles. The van der Waals surface area contributed by atoms with E-state index >= 15 is 0 Å². The van der Waals surface area contributed by atoms with Crippen molar-refractivity contribution in [3.8, 4) is 0 Å². The molecule has 0 unspecified atom stereocenters. The molecule has 0 aliphatic carbocycles. The smallest absolute Gasteiger partial charge is 0.269 e. The molecule has 156 valence electrons. The van der Waals surface area contributed by atoms with Gasteiger partial charge in [0.15, 0.2) is 0 Å². The van der Waals surface area contributed by atoms with Crippen LogP contribution in [0.1, 0.15) is 27.8 Å². The van der Waals surface area contributed by atoms with Crippen molar-refractivity contribution in [2.24, 2.45) is 0 Å². The van der Waals surface area contributed by atoms with Crippen LogP contribution in [0.15, 0.2) is 66.7 Å². The molecule has 2 aliphatic rings. The van der Waals surface area contributed by atoms with Crippen LogP contribution >= 0.6 is 11.8 Å². The molecule has 5 heteroatoms. The summed E-state index contributed by atoms with van der Waals surface area (Å²) in [5.41, 5.74) is 6.96. The van der Waals surface area contributed by atoms with Crippen molar-refractivity contribution in [1.29, 1.82) is 0 Å². The fourth-order valence-electron chi connectivity index (χ4n) is 4.67. The van der Waals surface area contributed by atoms with Crippen molar-refractivity contribution in [3.63, 3.8) is 0 Å². The van der Waals surface area contributed by atoms with Gasteiger partial charge in [-0.15, -0.1) is 11.8 Å². The van der Waals surface area contributed by atoms with Gasteiger partial charge in [-0.2, -0.15) is 0 Å². The van der Waals surface area contributed by atoms with E-state index in [4.69, 9.17) is 0 Å². The highest BCUT2D eigenvalue weighted by Gasteiger charge is 2.60. The summed E-state index contributed by atoms with van der Waals surface area (Å²) in [5, 5.41) is 0. The van der Waals surface area contributed by atoms with Crippen molar-refractivity contribution in [2.75, 3.05) is 15.6 Å². The summed E-state index contributed by atoms with van der Waals surface area (Å²) in [6.07, 6.45) is 0. The lowest BCUT2D eigenvalue weighted by atomic mass is 10.0. The third-order valence-corrected chi connectivity index (χ3v) is 7.38. The van der Waals surface area contributed by atoms with Crippen molar-refractivity contribution in [1.82, 2.24) is 0 Å². The van der Waals surface area contributed by atoms with Gasteiger partial charge in [0.1, 0.15) is 0 Å². The standard InChI is InChI=1S/C26H24N2O2S/c1-17-8-10-20(11-9-17)15-27-23-7-5-4-6-22(23)26(25(27)30)28(24(29)16-31-26)21-13-18(2)12-19(3)14-21/h4-14H,15-16H2,1-3H3/t26-/m1/s1. The van der Waals surface area contributed by atoms with Crippen molar-refractivity contribution < 1.29 is 9.59 Å². The Hall–Kier alpha value is -3.05. The SMILES string of the molecule is Cc1ccc(CN2C(=O)[C@]3(SCC(=O)N3c3cc(C)cc(C)c3)c3ccccc32)cc1. The molecule has 1 spiro atoms. The van der Waals surface area contributed by atoms with E-state index in [0.29, 0.717) is 6.54 Å². The highest BCUT2D eigenvalue weighted by atomic mass is 32.2. The Balaban J connectivity index is 1.65. The first kappa shape index (κ1) is 19.9. The van der Waals surface area contributed by atoms with E-state index in [0.717, 1.165) is 33.6 Å². The molecule has 0 saturated carbocycles. The molecule has 0 aromatic heterocycles. The fraction of sp³-hybridized carbons (Fsp3) is 0.231. The van der Waals surface area contributed by atoms with Gasteiger partial charge in [-0.25, -0.2) is 0 Å². The minimum atomic E-state index is -1.06. The number of amides is 2. The number of thioether (sulfide) groups is 1. The molecule has 2 aliphatic heterocycles. The normalized spacial score (nSPS) is 20.1. The zero-order valence-corrected chi connectivity index (χ0v) is 18.7. The van der Waals surface area contributed by atoms with Gasteiger partial charge in [0.05, 0.1) is 18.0 Å². The van der Waals surface area contributed by atoms with Gasteiger partial charge in [-0.3, -0.25) is 14.5 Å². The second-order valence-corrected chi connectivity index (χ2v) is 9.57. The van der Waals surface area contributed by atoms with Crippen LogP contribution in [0.2, 0.25) is 0 Å². The summed E-state index contributed by atoms with van der Waals surface area (Å²) < 4.78 is 0. The topological polar surface area (TPSA) is 40.6 Å². The molecule has 0 N–H and O–H groups in total. The minimum Gasteiger partial charge on any atom is -0.304 e. The molecule has 1 fully saturated rings. The summed E-state index contributed by atoms with van der Waals surface area (Å²) >= 11 is 1.43. The number of para-hydroxylation sites is 1. The largest absolute Gasteiger partial charge is 0.304 e. The predicted molar refractivity (Wildman–Crippen MR) is 126 cm³/mol. The molecule has 0 radical (unpaired) electrons. The molecule has 2 amide bonds. The molecular weight excluding hydrogens is 404 g/mol. The Kier molecular flexibility index (Phi) is 4.67. The predicted octanol–water partition coefficient (Wildman–Crippen LogP) is 5.09. The number of hydrogen-bond donors (Lipinski definition) is 0. The maximum atomic E-state index is 14.1. The Morgan fingerprint density at radius 3 is 2.26 bits per heavy atom. The third-order valence-electron chi connectivity index (χ3n) is 5.99. The maximum Gasteiger partial charge on any atom is 0.269 e. The Labute approximate surface area is 186 Å². The summed E-state index contributed by atoms with van der Waals surface area (Å²) in [7, 11) is 0. The van der Waals surface area contributed by atoms with Crippen LogP contribution in [0.4, 0.5) is 11.4 Å². The number of carbonyl (C=O) groups excluding carboxylic acids is 2. The second kappa shape index (κ2) is 7.27. The van der Waals surface area contributed by atoms with Crippen molar-refractivity contribution in [3.05, 3.63) is 94.5 Å². The monoisotopic (exact) mass is 428 g/mol. The number of fused-ring (bicyclic) bond motifs is 2. The van der Waals surface area contributed by atoms with E-state index in [1.165, 1.54) is 17.3 Å². The summed E-state index contributed by atoms with van der Waals surface area (Å²) in [5.74, 6) is 0.199. The first-order chi connectivity index (χ1) is 14.9. The molecule has 1 atom stereocenters. The lowest BCUT2D eigenvalue weighted by Crippen LogP contribution is -2.49. The zero-order valence-electron chi connectivity index (χ0n) is 17.9. The number of hydrogen-bond acceptors (Lipinski definition) is 3. The first-order valence-corrected chi connectivity index (χ1v) is 11.4. The lowest BCUT2D eigenvalue weighted by Gasteiger charge is -2.33. The van der Waals surface area contributed by atoms with Gasteiger partial charge < -0.3 is 4.90 Å². The number of benzene rings is 3. The van der Waals surface area contributed by atoms with E-state index < -0.39 is 4.87 Å². The quantitative estimate of drug-likeness (QED) is 0.583. The molecule has 3 aromatic carbocycles. The van der Waals surface area contributed by atoms with E-state index in [-0.39, 0.29) is 17.6 Å². The van der Waals surface area contributed by atoms with E-state index in [1.54, 1.807) is 4.90 Å². The first-order valence-electron chi connectivity index (χ1n) is 10.4. The van der Waals surface area contributed by atoms with Crippen LogP contribution in [-0.2, 0) is 21.0 Å². The summed E-state index contributed by atoms with van der Waals surface area (Å²) in [6.45, 7) is 6.57. The van der Waals surface area contributed by atoms with Crippen LogP contribution in [0.5, 0.6) is 0 Å². The van der Waals surface area contributed by atoms with E-state index in [1.807, 2.05) is 55.1 Å². The Bertz CT molecular complexity index is 1180. The molecule has 3 aromatic rings. The molecule has 1 saturated heterocycles. The van der Waals surface area contributed by atoms with Gasteiger partial charge in [-0.05, 0) is 55.7 Å². The zero-order chi connectivity index (χ0) is 21.8. The van der Waals surface area contributed by atoms with Crippen molar-refractivity contribution >= 4 is 35.0 Å². The number of carbonyl (C=O) groups is 2. The van der Waals surface area contributed by atoms with Crippen LogP contribution in [0.25, 0.3) is 0 Å². The second-order valence-electron chi connectivity index (χ2n) is 8.40. The summed E-state index contributed by atoms with van der Waals surface area (Å²) in [4.78, 5) is 29.7. The van der Waals surface area contributed by atoms with Crippen LogP contribution < -0.4 is 9.80 Å². The van der Waals surface area contributed by atoms with Gasteiger partial charge in [0.25, 0.3) is 5.91 Å². The van der Waals surface area contributed by atoms with E-state index in [9.17, 15) is 9.59 Å². The van der Waals surface area contributed by atoms with Gasteiger partial charge in [-0.1, -0.05) is 54.1 Å². The average Bonchev–Trinajstić information content (AvgIpc) is 3.20. The highest BCUT2D eigenvalue weighted by Crippen LogP contribution is 2.56. The molecule has 0 bridgehead atoms. The van der Waals surface area contributed by atoms with Crippen LogP contribution in [-0.4, -0.2) is 17.6 Å². The average molecular weight is 429 g/mol. The number of nitrogens with zero attached hydrogens (tertiary/aromatic N) is 2. The lowest BCUT2D eigenvalue weighted by molar-refractivity contribution is -0.123. The molecular formula is C26H24N2O2S. The van der Waals surface area contributed by atoms with Gasteiger partial charge in [0, 0.05) is 11.3 Å². The van der Waals surface area contributed by atoms with E-state index in [2.05, 4.69) is 37.3 Å². The molecule has 4 nitrogen and oxygen atoms in total. The number of rotatable bonds is 3.